The molecule has 0 radical (unpaired) electrons. The van der Waals surface area contributed by atoms with Crippen molar-refractivity contribution in [3.05, 3.63) is 11.6 Å². The summed E-state index contributed by atoms with van der Waals surface area (Å²) in [7, 11) is 0. The molecule has 0 amide bonds. The molecule has 30 heavy (non-hydrogen) atoms. The second-order valence-electron chi connectivity index (χ2n) is 14.4. The van der Waals surface area contributed by atoms with Crippen LogP contribution in [0.1, 0.15) is 113 Å². The van der Waals surface area contributed by atoms with E-state index in [4.69, 9.17) is 0 Å². The van der Waals surface area contributed by atoms with E-state index in [0.717, 1.165) is 30.6 Å². The maximum atomic E-state index is 12.8. The van der Waals surface area contributed by atoms with Crippen molar-refractivity contribution < 1.29 is 4.79 Å². The van der Waals surface area contributed by atoms with Crippen molar-refractivity contribution >= 4 is 5.78 Å². The normalized spacial score (nSPS) is 51.7. The van der Waals surface area contributed by atoms with Crippen LogP contribution < -0.4 is 0 Å². The van der Waals surface area contributed by atoms with Crippen molar-refractivity contribution in [3.63, 3.8) is 0 Å². The van der Waals surface area contributed by atoms with Gasteiger partial charge in [-0.3, -0.25) is 4.79 Å². The molecule has 0 bridgehead atoms. The lowest BCUT2D eigenvalue weighted by Crippen LogP contribution is -2.60. The number of rotatable bonds is 0. The van der Waals surface area contributed by atoms with Gasteiger partial charge in [0.05, 0.1) is 0 Å². The van der Waals surface area contributed by atoms with E-state index in [0.29, 0.717) is 33.4 Å². The highest BCUT2D eigenvalue weighted by Crippen LogP contribution is 2.71. The van der Waals surface area contributed by atoms with Crippen molar-refractivity contribution in [3.8, 4) is 0 Å². The Bertz CT molecular complexity index is 786. The minimum absolute atomic E-state index is 0.127. The fourth-order valence-electron chi connectivity index (χ4n) is 10.1. The molecule has 0 aromatic heterocycles. The van der Waals surface area contributed by atoms with E-state index in [1.54, 1.807) is 0 Å². The van der Waals surface area contributed by atoms with Gasteiger partial charge in [-0.1, -0.05) is 60.1 Å². The molecule has 5 aliphatic rings. The molecule has 168 valence electrons. The molecular formula is C29H46O. The number of ketones is 1. The monoisotopic (exact) mass is 410 g/mol. The molecular weight excluding hydrogens is 364 g/mol. The minimum Gasteiger partial charge on any atom is -0.299 e. The summed E-state index contributed by atoms with van der Waals surface area (Å²) in [6.07, 6.45) is 15.6. The Hall–Kier alpha value is -0.590. The van der Waals surface area contributed by atoms with Crippen LogP contribution in [0.15, 0.2) is 11.6 Å². The summed E-state index contributed by atoms with van der Waals surface area (Å²) in [5, 5.41) is 0. The molecule has 4 saturated carbocycles. The average molecular weight is 411 g/mol. The molecule has 0 heterocycles. The van der Waals surface area contributed by atoms with E-state index in [1.807, 2.05) is 5.57 Å². The van der Waals surface area contributed by atoms with Gasteiger partial charge < -0.3 is 0 Å². The van der Waals surface area contributed by atoms with Crippen LogP contribution in [-0.4, -0.2) is 5.78 Å². The lowest BCUT2D eigenvalue weighted by molar-refractivity contribution is -0.163. The molecule has 5 aliphatic carbocycles. The summed E-state index contributed by atoms with van der Waals surface area (Å²) in [5.41, 5.74) is 3.50. The lowest BCUT2D eigenvalue weighted by Gasteiger charge is -2.67. The van der Waals surface area contributed by atoms with E-state index in [1.165, 1.54) is 51.4 Å². The van der Waals surface area contributed by atoms with E-state index < -0.39 is 0 Å². The molecule has 0 aromatic carbocycles. The molecule has 0 N–H and O–H groups in total. The number of allylic oxidation sites excluding steroid dienone is 2. The third kappa shape index (κ3) is 2.68. The van der Waals surface area contributed by atoms with E-state index in [-0.39, 0.29) is 5.41 Å². The standard InChI is InChI=1S/C29H46O/c1-25(2)16-17-27(5)13-10-20-19(21(27)18-25)8-9-23-28(20,6)14-11-22-26(3,4)24(30)12-15-29(22,23)7/h10,19,21-23H,8-9,11-18H2,1-7H3/t19-,21+,22+,23+,27+,28+,29+/m1/s1. The third-order valence-corrected chi connectivity index (χ3v) is 11.9. The van der Waals surface area contributed by atoms with Gasteiger partial charge in [-0.25, -0.2) is 0 Å². The highest BCUT2D eigenvalue weighted by atomic mass is 16.1. The molecule has 1 heteroatoms. The number of hydrogen-bond donors (Lipinski definition) is 0. The van der Waals surface area contributed by atoms with Gasteiger partial charge in [-0.05, 0) is 103 Å². The summed E-state index contributed by atoms with van der Waals surface area (Å²) in [5.74, 6) is 3.57. The molecule has 7 atom stereocenters. The maximum absolute atomic E-state index is 12.8. The quantitative estimate of drug-likeness (QED) is 0.370. The van der Waals surface area contributed by atoms with Crippen molar-refractivity contribution in [2.75, 3.05) is 0 Å². The van der Waals surface area contributed by atoms with Crippen LogP contribution in [0.4, 0.5) is 0 Å². The van der Waals surface area contributed by atoms with E-state index >= 15 is 0 Å². The summed E-state index contributed by atoms with van der Waals surface area (Å²) in [6.45, 7) is 17.4. The molecule has 0 spiro atoms. The van der Waals surface area contributed by atoms with Crippen LogP contribution in [0.5, 0.6) is 0 Å². The predicted octanol–water partition coefficient (Wildman–Crippen LogP) is 7.99. The predicted molar refractivity (Wildman–Crippen MR) is 125 cm³/mol. The molecule has 0 unspecified atom stereocenters. The van der Waals surface area contributed by atoms with Gasteiger partial charge >= 0.3 is 0 Å². The second-order valence-corrected chi connectivity index (χ2v) is 14.4. The van der Waals surface area contributed by atoms with Crippen LogP contribution in [0.25, 0.3) is 0 Å². The highest BCUT2D eigenvalue weighted by Gasteiger charge is 2.64. The first-order valence-electron chi connectivity index (χ1n) is 13.1. The maximum Gasteiger partial charge on any atom is 0.138 e. The number of Topliss-reactive ketones (excluding diaryl/α,β-unsaturated/α-hetero) is 1. The first kappa shape index (κ1) is 21.3. The lowest BCUT2D eigenvalue weighted by atomic mass is 9.37. The van der Waals surface area contributed by atoms with Crippen molar-refractivity contribution in [1.82, 2.24) is 0 Å². The topological polar surface area (TPSA) is 17.1 Å². The third-order valence-electron chi connectivity index (χ3n) is 11.9. The van der Waals surface area contributed by atoms with Gasteiger partial charge in [0.15, 0.2) is 0 Å². The Labute approximate surface area is 185 Å². The summed E-state index contributed by atoms with van der Waals surface area (Å²) in [6, 6.07) is 0. The van der Waals surface area contributed by atoms with Gasteiger partial charge in [0, 0.05) is 11.8 Å². The van der Waals surface area contributed by atoms with E-state index in [9.17, 15) is 4.79 Å². The SMILES string of the molecule is CC1(C)CC[C@]2(C)CC=C3[C@@H](CC[C@@H]4[C@@]5(C)CCC(=O)C(C)(C)[C@@H]5CC[C@@]34C)[C@@H]2C1. The molecule has 0 aromatic rings. The molecule has 4 fully saturated rings. The Balaban J connectivity index is 1.52. The van der Waals surface area contributed by atoms with Crippen LogP contribution in [0, 0.1) is 50.7 Å². The van der Waals surface area contributed by atoms with Crippen LogP contribution in [0.3, 0.4) is 0 Å². The molecule has 1 nitrogen and oxygen atoms in total. The highest BCUT2D eigenvalue weighted by molar-refractivity contribution is 5.85. The number of hydrogen-bond acceptors (Lipinski definition) is 1. The number of carbonyl (C=O) groups is 1. The number of fused-ring (bicyclic) bond motifs is 7. The zero-order valence-corrected chi connectivity index (χ0v) is 20.9. The Morgan fingerprint density at radius 2 is 1.57 bits per heavy atom. The molecule has 0 aliphatic heterocycles. The zero-order valence-electron chi connectivity index (χ0n) is 20.9. The van der Waals surface area contributed by atoms with Crippen LogP contribution in [-0.2, 0) is 4.79 Å². The van der Waals surface area contributed by atoms with Crippen molar-refractivity contribution in [1.29, 1.82) is 0 Å². The largest absolute Gasteiger partial charge is 0.299 e. The van der Waals surface area contributed by atoms with Crippen LogP contribution in [0.2, 0.25) is 0 Å². The van der Waals surface area contributed by atoms with Crippen molar-refractivity contribution in [2.45, 2.75) is 113 Å². The van der Waals surface area contributed by atoms with Gasteiger partial charge in [0.25, 0.3) is 0 Å². The molecule has 0 saturated heterocycles. The summed E-state index contributed by atoms with van der Waals surface area (Å²) >= 11 is 0. The van der Waals surface area contributed by atoms with Crippen molar-refractivity contribution in [2.24, 2.45) is 50.7 Å². The van der Waals surface area contributed by atoms with Gasteiger partial charge in [-0.15, -0.1) is 0 Å². The fraction of sp³-hybridized carbons (Fsp3) is 0.897. The van der Waals surface area contributed by atoms with Gasteiger partial charge in [-0.2, -0.15) is 0 Å². The minimum atomic E-state index is -0.127. The number of carbonyl (C=O) groups excluding carboxylic acids is 1. The van der Waals surface area contributed by atoms with Gasteiger partial charge in [0.1, 0.15) is 5.78 Å². The fourth-order valence-corrected chi connectivity index (χ4v) is 10.1. The Morgan fingerprint density at radius 3 is 2.30 bits per heavy atom. The Kier molecular flexibility index (Phi) is 4.43. The average Bonchev–Trinajstić information content (AvgIpc) is 2.65. The van der Waals surface area contributed by atoms with E-state index in [2.05, 4.69) is 54.5 Å². The first-order valence-corrected chi connectivity index (χ1v) is 13.1. The molecule has 5 rings (SSSR count). The zero-order chi connectivity index (χ0) is 21.7. The Morgan fingerprint density at radius 1 is 0.833 bits per heavy atom. The summed E-state index contributed by atoms with van der Waals surface area (Å²) < 4.78 is 0. The first-order chi connectivity index (χ1) is 13.8. The smallest absolute Gasteiger partial charge is 0.138 e. The van der Waals surface area contributed by atoms with Crippen LogP contribution >= 0.6 is 0 Å². The summed E-state index contributed by atoms with van der Waals surface area (Å²) in [4.78, 5) is 12.8. The van der Waals surface area contributed by atoms with Gasteiger partial charge in [0.2, 0.25) is 0 Å². The second kappa shape index (κ2) is 6.26.